The van der Waals surface area contributed by atoms with Gasteiger partial charge in [-0.25, -0.2) is 0 Å². The Morgan fingerprint density at radius 3 is 2.47 bits per heavy atom. The van der Waals surface area contributed by atoms with Crippen LogP contribution in [0.2, 0.25) is 0 Å². The van der Waals surface area contributed by atoms with Crippen LogP contribution in [-0.2, 0) is 4.79 Å². The van der Waals surface area contributed by atoms with Crippen molar-refractivity contribution in [2.24, 2.45) is 23.2 Å². The Hall–Kier alpha value is -0.330. The Morgan fingerprint density at radius 1 is 1.13 bits per heavy atom. The van der Waals surface area contributed by atoms with Gasteiger partial charge in [-0.2, -0.15) is 0 Å². The largest absolute Gasteiger partial charge is 0.303 e. The Kier molecular flexibility index (Phi) is 2.37. The first-order chi connectivity index (χ1) is 7.32. The zero-order valence-electron chi connectivity index (χ0n) is 9.58. The fourth-order valence-electron chi connectivity index (χ4n) is 4.68. The summed E-state index contributed by atoms with van der Waals surface area (Å²) in [5, 5.41) is 0. The molecule has 0 amide bonds. The molecule has 3 saturated carbocycles. The molecule has 0 radical (unpaired) electrons. The molecule has 2 bridgehead atoms. The average molecular weight is 206 g/mol. The predicted octanol–water partition coefficient (Wildman–Crippen LogP) is 3.57. The highest BCUT2D eigenvalue weighted by Crippen LogP contribution is 2.58. The van der Waals surface area contributed by atoms with Crippen LogP contribution >= 0.6 is 0 Å². The Labute approximate surface area is 92.6 Å². The highest BCUT2D eigenvalue weighted by Gasteiger charge is 2.51. The van der Waals surface area contributed by atoms with Crippen LogP contribution in [0.4, 0.5) is 0 Å². The SMILES string of the molecule is O=CC1(CC2CCCC2)CC2CCC1C2. The summed E-state index contributed by atoms with van der Waals surface area (Å²) in [6, 6.07) is 0. The van der Waals surface area contributed by atoms with Gasteiger partial charge in [0.2, 0.25) is 0 Å². The van der Waals surface area contributed by atoms with E-state index in [0.717, 1.165) is 17.8 Å². The number of hydrogen-bond acceptors (Lipinski definition) is 1. The number of carbonyl (C=O) groups excluding carboxylic acids is 1. The van der Waals surface area contributed by atoms with E-state index in [9.17, 15) is 4.79 Å². The molecule has 0 spiro atoms. The first-order valence-corrected chi connectivity index (χ1v) is 6.79. The lowest BCUT2D eigenvalue weighted by Gasteiger charge is -2.34. The van der Waals surface area contributed by atoms with Gasteiger partial charge < -0.3 is 4.79 Å². The molecule has 3 unspecified atom stereocenters. The minimum Gasteiger partial charge on any atom is -0.303 e. The molecule has 3 fully saturated rings. The van der Waals surface area contributed by atoms with E-state index >= 15 is 0 Å². The van der Waals surface area contributed by atoms with Crippen molar-refractivity contribution < 1.29 is 4.79 Å². The molecule has 3 aliphatic carbocycles. The van der Waals surface area contributed by atoms with E-state index in [-0.39, 0.29) is 5.41 Å². The summed E-state index contributed by atoms with van der Waals surface area (Å²) in [7, 11) is 0. The Bertz CT molecular complexity index is 254. The topological polar surface area (TPSA) is 17.1 Å². The lowest BCUT2D eigenvalue weighted by atomic mass is 9.69. The molecule has 1 nitrogen and oxygen atoms in total. The number of carbonyl (C=O) groups is 1. The normalized spacial score (nSPS) is 45.1. The first-order valence-electron chi connectivity index (χ1n) is 6.79. The van der Waals surface area contributed by atoms with Crippen LogP contribution in [0.3, 0.4) is 0 Å². The Balaban J connectivity index is 1.72. The van der Waals surface area contributed by atoms with Crippen molar-refractivity contribution >= 4 is 6.29 Å². The van der Waals surface area contributed by atoms with Crippen molar-refractivity contribution in [2.75, 3.05) is 0 Å². The molecule has 1 heteroatoms. The van der Waals surface area contributed by atoms with Gasteiger partial charge in [-0.05, 0) is 43.4 Å². The molecule has 3 aliphatic rings. The van der Waals surface area contributed by atoms with Crippen molar-refractivity contribution in [2.45, 2.75) is 57.8 Å². The van der Waals surface area contributed by atoms with Gasteiger partial charge in [0.05, 0.1) is 0 Å². The quantitative estimate of drug-likeness (QED) is 0.645. The maximum absolute atomic E-state index is 11.5. The van der Waals surface area contributed by atoms with Crippen LogP contribution in [0, 0.1) is 23.2 Å². The highest BCUT2D eigenvalue weighted by molar-refractivity contribution is 5.61. The van der Waals surface area contributed by atoms with Crippen LogP contribution in [0.5, 0.6) is 0 Å². The molecule has 0 aliphatic heterocycles. The molecule has 84 valence electrons. The lowest BCUT2D eigenvalue weighted by molar-refractivity contribution is -0.120. The summed E-state index contributed by atoms with van der Waals surface area (Å²) in [4.78, 5) is 11.5. The van der Waals surface area contributed by atoms with E-state index in [1.807, 2.05) is 0 Å². The third kappa shape index (κ3) is 1.55. The monoisotopic (exact) mass is 206 g/mol. The van der Waals surface area contributed by atoms with E-state index in [4.69, 9.17) is 0 Å². The van der Waals surface area contributed by atoms with Gasteiger partial charge in [-0.3, -0.25) is 0 Å². The standard InChI is InChI=1S/C14H22O/c15-10-14(8-11-3-1-2-4-11)9-12-5-6-13(14)7-12/h10-13H,1-9H2. The average Bonchev–Trinajstić information content (AvgIpc) is 2.93. The molecule has 15 heavy (non-hydrogen) atoms. The summed E-state index contributed by atoms with van der Waals surface area (Å²) in [5.41, 5.74) is 0.137. The van der Waals surface area contributed by atoms with Gasteiger partial charge in [-0.15, -0.1) is 0 Å². The number of rotatable bonds is 3. The zero-order valence-corrected chi connectivity index (χ0v) is 9.58. The van der Waals surface area contributed by atoms with Crippen molar-refractivity contribution in [3.8, 4) is 0 Å². The van der Waals surface area contributed by atoms with Crippen LogP contribution in [0.25, 0.3) is 0 Å². The van der Waals surface area contributed by atoms with Crippen LogP contribution in [0.1, 0.15) is 57.8 Å². The third-order valence-electron chi connectivity index (χ3n) is 5.40. The minimum absolute atomic E-state index is 0.137. The summed E-state index contributed by atoms with van der Waals surface area (Å²) < 4.78 is 0. The van der Waals surface area contributed by atoms with E-state index in [0.29, 0.717) is 0 Å². The number of fused-ring (bicyclic) bond motifs is 2. The molecule has 0 aromatic rings. The van der Waals surface area contributed by atoms with Crippen LogP contribution in [-0.4, -0.2) is 6.29 Å². The minimum atomic E-state index is 0.137. The summed E-state index contributed by atoms with van der Waals surface area (Å²) in [6.07, 6.45) is 13.6. The first kappa shape index (κ1) is 9.86. The van der Waals surface area contributed by atoms with E-state index in [1.54, 1.807) is 0 Å². The van der Waals surface area contributed by atoms with E-state index in [1.165, 1.54) is 64.1 Å². The van der Waals surface area contributed by atoms with Gasteiger partial charge in [0.15, 0.2) is 0 Å². The molecular weight excluding hydrogens is 184 g/mol. The number of aldehydes is 1. The molecule has 0 N–H and O–H groups in total. The van der Waals surface area contributed by atoms with Crippen LogP contribution in [0.15, 0.2) is 0 Å². The van der Waals surface area contributed by atoms with Crippen molar-refractivity contribution in [1.82, 2.24) is 0 Å². The van der Waals surface area contributed by atoms with Crippen molar-refractivity contribution in [3.05, 3.63) is 0 Å². The summed E-state index contributed by atoms with van der Waals surface area (Å²) in [5.74, 6) is 2.55. The molecule has 0 aromatic carbocycles. The van der Waals surface area contributed by atoms with Crippen LogP contribution < -0.4 is 0 Å². The maximum atomic E-state index is 11.5. The van der Waals surface area contributed by atoms with E-state index in [2.05, 4.69) is 0 Å². The zero-order chi connectivity index (χ0) is 10.3. The van der Waals surface area contributed by atoms with Gasteiger partial charge in [0.25, 0.3) is 0 Å². The van der Waals surface area contributed by atoms with Gasteiger partial charge in [0.1, 0.15) is 6.29 Å². The van der Waals surface area contributed by atoms with Gasteiger partial charge in [0, 0.05) is 5.41 Å². The fourth-order valence-corrected chi connectivity index (χ4v) is 4.68. The second-order valence-corrected chi connectivity index (χ2v) is 6.29. The third-order valence-corrected chi connectivity index (χ3v) is 5.40. The molecule has 0 heterocycles. The number of hydrogen-bond donors (Lipinski definition) is 0. The predicted molar refractivity (Wildman–Crippen MR) is 60.5 cm³/mol. The maximum Gasteiger partial charge on any atom is 0.126 e. The van der Waals surface area contributed by atoms with Gasteiger partial charge in [-0.1, -0.05) is 32.1 Å². The van der Waals surface area contributed by atoms with Crippen molar-refractivity contribution in [3.63, 3.8) is 0 Å². The Morgan fingerprint density at radius 2 is 1.93 bits per heavy atom. The molecule has 3 atom stereocenters. The summed E-state index contributed by atoms with van der Waals surface area (Å²) >= 11 is 0. The lowest BCUT2D eigenvalue weighted by Crippen LogP contribution is -2.31. The van der Waals surface area contributed by atoms with Gasteiger partial charge >= 0.3 is 0 Å². The summed E-state index contributed by atoms with van der Waals surface area (Å²) in [6.45, 7) is 0. The molecule has 0 aromatic heterocycles. The molecular formula is C14H22O. The highest BCUT2D eigenvalue weighted by atomic mass is 16.1. The second kappa shape index (κ2) is 3.61. The molecule has 3 rings (SSSR count). The smallest absolute Gasteiger partial charge is 0.126 e. The van der Waals surface area contributed by atoms with E-state index < -0.39 is 0 Å². The fraction of sp³-hybridized carbons (Fsp3) is 0.929. The van der Waals surface area contributed by atoms with Crippen molar-refractivity contribution in [1.29, 1.82) is 0 Å². The second-order valence-electron chi connectivity index (χ2n) is 6.29. The molecule has 0 saturated heterocycles.